The lowest BCUT2D eigenvalue weighted by Crippen LogP contribution is -2.30. The maximum Gasteiger partial charge on any atom is 0.305 e. The first-order valence-electron chi connectivity index (χ1n) is 11.4. The van der Waals surface area contributed by atoms with Crippen LogP contribution >= 0.6 is 226 Å². The molecule has 0 bridgehead atoms. The van der Waals surface area contributed by atoms with E-state index in [1.807, 2.05) is 6.92 Å². The van der Waals surface area contributed by atoms with Crippen LogP contribution in [0.2, 0.25) is 0 Å². The molecule has 0 saturated heterocycles. The zero-order chi connectivity index (χ0) is 26.4. The first kappa shape index (κ1) is 40.8. The quantitative estimate of drug-likeness (QED) is 0.0732. The first-order chi connectivity index (χ1) is 15.8. The van der Waals surface area contributed by atoms with Crippen LogP contribution in [0.25, 0.3) is 0 Å². The number of alkyl halides is 10. The fraction of sp³-hybridized carbons (Fsp3) is 0.955. The summed E-state index contributed by atoms with van der Waals surface area (Å²) in [6.07, 6.45) is 9.02. The highest BCUT2D eigenvalue weighted by Gasteiger charge is 2.30. The molecular weight excluding hydrogens is 1570 g/mol. The van der Waals surface area contributed by atoms with Gasteiger partial charge in [-0.3, -0.25) is 4.79 Å². The van der Waals surface area contributed by atoms with Crippen molar-refractivity contribution in [1.29, 1.82) is 0 Å². The Hall–Kier alpha value is 6.77. The highest BCUT2D eigenvalue weighted by Crippen LogP contribution is 2.37. The molecule has 0 aliphatic rings. The summed E-state index contributed by atoms with van der Waals surface area (Å²) in [5.74, 6) is -0.0523. The predicted molar refractivity (Wildman–Crippen MR) is 237 cm³/mol. The molecule has 12 heteroatoms. The second-order valence-electron chi connectivity index (χ2n) is 8.21. The molecule has 0 amide bonds. The molecule has 0 radical (unpaired) electrons. The van der Waals surface area contributed by atoms with Gasteiger partial charge in [-0.2, -0.15) is 0 Å². The Kier molecular flexibility index (Phi) is 28.9. The fourth-order valence-corrected chi connectivity index (χ4v) is 15.1. The van der Waals surface area contributed by atoms with Gasteiger partial charge in [-0.1, -0.05) is 233 Å². The molecule has 204 valence electrons. The van der Waals surface area contributed by atoms with Crippen molar-refractivity contribution in [3.8, 4) is 0 Å². The van der Waals surface area contributed by atoms with E-state index in [0.29, 0.717) is 32.7 Å². The molecule has 0 saturated carbocycles. The van der Waals surface area contributed by atoms with Crippen LogP contribution < -0.4 is 0 Å². The van der Waals surface area contributed by atoms with Gasteiger partial charge in [0.15, 0.2) is 0 Å². The Morgan fingerprint density at radius 1 is 0.559 bits per heavy atom. The Balaban J connectivity index is 4.45. The standard InChI is InChI=1S/C22H34I10O2/c1-3-12(23)14(25)8-16(27)18(29)10-20(31)21(32)11-19(30)17(28)9-15(26)13(24)6-5-7-22(33)34-4-2/h12-21H,3-11H2,1-2H3. The molecule has 10 unspecified atom stereocenters. The van der Waals surface area contributed by atoms with Gasteiger partial charge in [0.25, 0.3) is 0 Å². The Labute approximate surface area is 344 Å². The van der Waals surface area contributed by atoms with Crippen molar-refractivity contribution >= 4 is 232 Å². The van der Waals surface area contributed by atoms with Crippen molar-refractivity contribution in [3.63, 3.8) is 0 Å². The molecule has 34 heavy (non-hydrogen) atoms. The van der Waals surface area contributed by atoms with Crippen LogP contribution in [0.4, 0.5) is 0 Å². The molecule has 0 rings (SSSR count). The van der Waals surface area contributed by atoms with Gasteiger partial charge in [-0.15, -0.1) is 0 Å². The first-order valence-corrected chi connectivity index (χ1v) is 23.9. The third-order valence-corrected chi connectivity index (χ3v) is 26.5. The van der Waals surface area contributed by atoms with E-state index in [2.05, 4.69) is 233 Å². The largest absolute Gasteiger partial charge is 0.466 e. The van der Waals surface area contributed by atoms with Gasteiger partial charge in [0, 0.05) is 45.7 Å². The van der Waals surface area contributed by atoms with Gasteiger partial charge >= 0.3 is 5.97 Å². The second-order valence-corrected chi connectivity index (χ2v) is 24.2. The minimum absolute atomic E-state index is 0.0523. The number of esters is 1. The molecule has 0 fully saturated rings. The summed E-state index contributed by atoms with van der Waals surface area (Å²) in [7, 11) is 0. The Bertz CT molecular complexity index is 544. The fourth-order valence-electron chi connectivity index (χ4n) is 3.15. The lowest BCUT2D eigenvalue weighted by atomic mass is 10.0. The van der Waals surface area contributed by atoms with Crippen LogP contribution in [-0.4, -0.2) is 51.8 Å². The van der Waals surface area contributed by atoms with Crippen LogP contribution in [0.15, 0.2) is 0 Å². The van der Waals surface area contributed by atoms with Crippen molar-refractivity contribution in [1.82, 2.24) is 0 Å². The molecule has 0 aliphatic heterocycles. The summed E-state index contributed by atoms with van der Waals surface area (Å²) in [5, 5.41) is 0. The lowest BCUT2D eigenvalue weighted by molar-refractivity contribution is -0.143. The van der Waals surface area contributed by atoms with Gasteiger partial charge in [-0.05, 0) is 51.9 Å². The van der Waals surface area contributed by atoms with Crippen molar-refractivity contribution in [3.05, 3.63) is 0 Å². The second kappa shape index (κ2) is 24.1. The Morgan fingerprint density at radius 3 is 1.21 bits per heavy atom. The van der Waals surface area contributed by atoms with Crippen LogP contribution in [0.5, 0.6) is 0 Å². The monoisotopic (exact) mass is 1600 g/mol. The van der Waals surface area contributed by atoms with Crippen LogP contribution in [0, 0.1) is 0 Å². The molecule has 0 heterocycles. The van der Waals surface area contributed by atoms with Gasteiger partial charge < -0.3 is 4.74 Å². The van der Waals surface area contributed by atoms with Gasteiger partial charge in [0.05, 0.1) is 6.61 Å². The van der Waals surface area contributed by atoms with Crippen molar-refractivity contribution in [2.45, 2.75) is 104 Å². The van der Waals surface area contributed by atoms with Crippen molar-refractivity contribution in [2.24, 2.45) is 0 Å². The van der Waals surface area contributed by atoms with E-state index in [1.54, 1.807) is 0 Å². The number of carbonyl (C=O) groups is 1. The topological polar surface area (TPSA) is 26.3 Å². The van der Waals surface area contributed by atoms with E-state index in [4.69, 9.17) is 4.74 Å². The third-order valence-electron chi connectivity index (χ3n) is 5.32. The molecule has 0 aromatic heterocycles. The van der Waals surface area contributed by atoms with Gasteiger partial charge in [0.1, 0.15) is 0 Å². The molecule has 0 spiro atoms. The van der Waals surface area contributed by atoms with Crippen LogP contribution in [-0.2, 0) is 9.53 Å². The van der Waals surface area contributed by atoms with Crippen LogP contribution in [0.3, 0.4) is 0 Å². The minimum Gasteiger partial charge on any atom is -0.466 e. The van der Waals surface area contributed by atoms with E-state index in [-0.39, 0.29) is 5.97 Å². The summed E-state index contributed by atoms with van der Waals surface area (Å²) < 4.78 is 12.2. The number of hydrogen-bond donors (Lipinski definition) is 0. The molecule has 10 atom stereocenters. The smallest absolute Gasteiger partial charge is 0.305 e. The molecule has 2 nitrogen and oxygen atoms in total. The summed E-state index contributed by atoms with van der Waals surface area (Å²) in [4.78, 5) is 11.6. The van der Waals surface area contributed by atoms with Crippen molar-refractivity contribution in [2.75, 3.05) is 6.61 Å². The minimum atomic E-state index is -0.0523. The number of halogens is 10. The normalized spacial score (nSPS) is 20.9. The molecule has 0 aromatic carbocycles. The summed E-state index contributed by atoms with van der Waals surface area (Å²) >= 11 is 26.8. The van der Waals surface area contributed by atoms with E-state index >= 15 is 0 Å². The lowest BCUT2D eigenvalue weighted by Gasteiger charge is -2.28. The highest BCUT2D eigenvalue weighted by atomic mass is 127. The van der Waals surface area contributed by atoms with Gasteiger partial charge in [0.2, 0.25) is 0 Å². The molecular formula is C22H34I10O2. The van der Waals surface area contributed by atoms with Crippen LogP contribution in [0.1, 0.15) is 65.2 Å². The number of ether oxygens (including phenoxy) is 1. The van der Waals surface area contributed by atoms with E-state index in [9.17, 15) is 4.79 Å². The Morgan fingerprint density at radius 2 is 0.882 bits per heavy atom. The SMILES string of the molecule is CCOC(=O)CCCC(I)C(I)CC(I)C(I)CC(I)C(I)CC(I)C(I)CC(I)C(I)CC. The van der Waals surface area contributed by atoms with E-state index < -0.39 is 0 Å². The zero-order valence-corrected chi connectivity index (χ0v) is 40.8. The van der Waals surface area contributed by atoms with Crippen molar-refractivity contribution < 1.29 is 9.53 Å². The average molecular weight is 1600 g/mol. The van der Waals surface area contributed by atoms with Gasteiger partial charge in [-0.25, -0.2) is 0 Å². The maximum absolute atomic E-state index is 11.6. The van der Waals surface area contributed by atoms with E-state index in [0.717, 1.165) is 32.5 Å². The number of carbonyl (C=O) groups excluding carboxylic acids is 1. The maximum atomic E-state index is 11.6. The predicted octanol–water partition coefficient (Wildman–Crippen LogP) is 11.7. The molecule has 0 aliphatic carbocycles. The summed E-state index contributed by atoms with van der Waals surface area (Å²) in [6, 6.07) is 0. The average Bonchev–Trinajstić information content (AvgIpc) is 2.77. The highest BCUT2D eigenvalue weighted by molar-refractivity contribution is 14.1. The number of hydrogen-bond acceptors (Lipinski definition) is 2. The summed E-state index contributed by atoms with van der Waals surface area (Å²) in [5.41, 5.74) is 0. The number of rotatable bonds is 19. The third kappa shape index (κ3) is 19.1. The zero-order valence-electron chi connectivity index (χ0n) is 19.2. The molecule has 0 aromatic rings. The summed E-state index contributed by atoms with van der Waals surface area (Å²) in [6.45, 7) is 4.66. The van der Waals surface area contributed by atoms with E-state index in [1.165, 1.54) is 32.1 Å². The molecule has 0 N–H and O–H groups in total.